The van der Waals surface area contributed by atoms with Crippen molar-refractivity contribution < 1.29 is 0 Å². The summed E-state index contributed by atoms with van der Waals surface area (Å²) >= 11 is 0. The summed E-state index contributed by atoms with van der Waals surface area (Å²) in [5, 5.41) is 15.5. The van der Waals surface area contributed by atoms with Crippen molar-refractivity contribution in [3.05, 3.63) is 17.5 Å². The van der Waals surface area contributed by atoms with Crippen molar-refractivity contribution in [1.29, 1.82) is 0 Å². The van der Waals surface area contributed by atoms with Crippen molar-refractivity contribution in [3.8, 4) is 11.4 Å². The van der Waals surface area contributed by atoms with Gasteiger partial charge < -0.3 is 10.6 Å². The molecule has 7 heteroatoms. The molecule has 0 spiro atoms. The second kappa shape index (κ2) is 5.40. The summed E-state index contributed by atoms with van der Waals surface area (Å²) in [7, 11) is 0. The van der Waals surface area contributed by atoms with Crippen LogP contribution >= 0.6 is 0 Å². The van der Waals surface area contributed by atoms with Crippen LogP contribution in [0.4, 0.5) is 5.95 Å². The van der Waals surface area contributed by atoms with E-state index in [2.05, 4.69) is 37.2 Å². The third-order valence-electron chi connectivity index (χ3n) is 4.13. The Morgan fingerprint density at radius 3 is 2.95 bits per heavy atom. The van der Waals surface area contributed by atoms with Crippen LogP contribution in [-0.4, -0.2) is 44.0 Å². The molecule has 0 radical (unpaired) electrons. The zero-order chi connectivity index (χ0) is 15.0. The zero-order valence-corrected chi connectivity index (χ0v) is 12.7. The molecule has 2 atom stereocenters. The molecule has 7 nitrogen and oxygen atoms in total. The molecular formula is C14H21N7. The molecule has 3 N–H and O–H groups in total. The maximum atomic E-state index is 6.14. The van der Waals surface area contributed by atoms with Crippen LogP contribution in [0.2, 0.25) is 0 Å². The van der Waals surface area contributed by atoms with Gasteiger partial charge in [0.1, 0.15) is 0 Å². The molecule has 1 fully saturated rings. The lowest BCUT2D eigenvalue weighted by molar-refractivity contribution is 0.416. The number of nitrogens with two attached hydrogens (primary N) is 1. The quantitative estimate of drug-likeness (QED) is 0.861. The molecule has 0 aromatic carbocycles. The normalized spacial score (nSPS) is 22.6. The van der Waals surface area contributed by atoms with Gasteiger partial charge in [-0.3, -0.25) is 5.10 Å². The minimum atomic E-state index is 0.173. The fraction of sp³-hybridized carbons (Fsp3) is 0.571. The lowest BCUT2D eigenvalue weighted by Crippen LogP contribution is -2.50. The van der Waals surface area contributed by atoms with Gasteiger partial charge in [-0.2, -0.15) is 15.2 Å². The predicted octanol–water partition coefficient (Wildman–Crippen LogP) is 1.19. The highest BCUT2D eigenvalue weighted by Crippen LogP contribution is 2.24. The Hall–Kier alpha value is -2.02. The van der Waals surface area contributed by atoms with Crippen molar-refractivity contribution in [1.82, 2.24) is 25.4 Å². The number of aryl methyl sites for hydroxylation is 2. The van der Waals surface area contributed by atoms with Crippen LogP contribution in [0, 0.1) is 13.8 Å². The molecule has 0 saturated carbocycles. The minimum Gasteiger partial charge on any atom is -0.335 e. The molecule has 1 aliphatic rings. The van der Waals surface area contributed by atoms with Crippen LogP contribution in [-0.2, 0) is 0 Å². The van der Waals surface area contributed by atoms with Crippen molar-refractivity contribution in [2.45, 2.75) is 45.7 Å². The molecule has 112 valence electrons. The van der Waals surface area contributed by atoms with E-state index in [1.54, 1.807) is 0 Å². The number of aromatic nitrogens is 5. The predicted molar refractivity (Wildman–Crippen MR) is 80.9 cm³/mol. The smallest absolute Gasteiger partial charge is 0.245 e. The van der Waals surface area contributed by atoms with Crippen LogP contribution in [0.1, 0.15) is 31.2 Å². The summed E-state index contributed by atoms with van der Waals surface area (Å²) in [5.74, 6) is 1.44. The Morgan fingerprint density at radius 2 is 2.14 bits per heavy atom. The largest absolute Gasteiger partial charge is 0.335 e. The lowest BCUT2D eigenvalue weighted by atomic mass is 9.99. The first-order chi connectivity index (χ1) is 10.1. The number of nitrogens with one attached hydrogen (secondary N) is 1. The van der Waals surface area contributed by atoms with Gasteiger partial charge in [0.05, 0.1) is 11.4 Å². The van der Waals surface area contributed by atoms with E-state index in [4.69, 9.17) is 5.73 Å². The highest BCUT2D eigenvalue weighted by molar-refractivity contribution is 5.59. The number of hydrogen-bond donors (Lipinski definition) is 2. The van der Waals surface area contributed by atoms with Gasteiger partial charge in [-0.05, 0) is 39.7 Å². The third kappa shape index (κ3) is 2.61. The van der Waals surface area contributed by atoms with E-state index in [1.165, 1.54) is 0 Å². The number of nitrogens with zero attached hydrogens (tertiary/aromatic N) is 5. The Bertz CT molecular complexity index is 636. The summed E-state index contributed by atoms with van der Waals surface area (Å²) in [5.41, 5.74) is 8.78. The highest BCUT2D eigenvalue weighted by atomic mass is 15.4. The molecule has 0 amide bonds. The van der Waals surface area contributed by atoms with Gasteiger partial charge in [-0.15, -0.1) is 5.10 Å². The Labute approximate surface area is 124 Å². The number of H-pyrrole nitrogens is 1. The second-order valence-corrected chi connectivity index (χ2v) is 5.71. The van der Waals surface area contributed by atoms with Crippen LogP contribution in [0.5, 0.6) is 0 Å². The van der Waals surface area contributed by atoms with Gasteiger partial charge in [0, 0.05) is 24.2 Å². The van der Waals surface area contributed by atoms with Gasteiger partial charge in [-0.1, -0.05) is 0 Å². The summed E-state index contributed by atoms with van der Waals surface area (Å²) < 4.78 is 0. The van der Waals surface area contributed by atoms with Crippen LogP contribution in [0.25, 0.3) is 11.4 Å². The van der Waals surface area contributed by atoms with Gasteiger partial charge in [-0.25, -0.2) is 0 Å². The van der Waals surface area contributed by atoms with E-state index in [1.807, 2.05) is 19.9 Å². The highest BCUT2D eigenvalue weighted by Gasteiger charge is 2.28. The molecular weight excluding hydrogens is 266 g/mol. The van der Waals surface area contributed by atoms with Crippen LogP contribution < -0.4 is 10.6 Å². The Balaban J connectivity index is 1.91. The molecule has 2 aromatic heterocycles. The zero-order valence-electron chi connectivity index (χ0n) is 12.7. The van der Waals surface area contributed by atoms with Crippen LogP contribution in [0.3, 0.4) is 0 Å². The summed E-state index contributed by atoms with van der Waals surface area (Å²) in [6.07, 6.45) is 2.13. The molecule has 1 aliphatic heterocycles. The van der Waals surface area contributed by atoms with E-state index < -0.39 is 0 Å². The standard InChI is InChI=1S/C14H21N7/c1-8-7-11(9(2)18-17-8)13-16-14(20-19-13)21-6-4-5-12(15)10(21)3/h7,10,12H,4-6,15H2,1-3H3,(H,16,19,20). The number of hydrogen-bond acceptors (Lipinski definition) is 6. The molecule has 3 heterocycles. The Kier molecular flexibility index (Phi) is 3.59. The summed E-state index contributed by atoms with van der Waals surface area (Å²) in [6, 6.07) is 2.39. The monoisotopic (exact) mass is 287 g/mol. The number of piperidine rings is 1. The molecule has 1 saturated heterocycles. The van der Waals surface area contributed by atoms with Gasteiger partial charge in [0.2, 0.25) is 5.95 Å². The van der Waals surface area contributed by atoms with E-state index in [9.17, 15) is 0 Å². The molecule has 0 bridgehead atoms. The summed E-state index contributed by atoms with van der Waals surface area (Å²) in [6.45, 7) is 6.91. The van der Waals surface area contributed by atoms with Crippen molar-refractivity contribution in [2.24, 2.45) is 5.73 Å². The van der Waals surface area contributed by atoms with Gasteiger partial charge in [0.15, 0.2) is 5.82 Å². The van der Waals surface area contributed by atoms with Gasteiger partial charge in [0.25, 0.3) is 0 Å². The van der Waals surface area contributed by atoms with Gasteiger partial charge >= 0.3 is 0 Å². The first-order valence-electron chi connectivity index (χ1n) is 7.32. The molecule has 2 aromatic rings. The second-order valence-electron chi connectivity index (χ2n) is 5.71. The topological polar surface area (TPSA) is 96.6 Å². The third-order valence-corrected chi connectivity index (χ3v) is 4.13. The van der Waals surface area contributed by atoms with Crippen LogP contribution in [0.15, 0.2) is 6.07 Å². The Morgan fingerprint density at radius 1 is 1.33 bits per heavy atom. The molecule has 0 aliphatic carbocycles. The minimum absolute atomic E-state index is 0.173. The maximum Gasteiger partial charge on any atom is 0.245 e. The number of aromatic amines is 1. The first kappa shape index (κ1) is 13.9. The fourth-order valence-electron chi connectivity index (χ4n) is 2.75. The SMILES string of the molecule is Cc1cc(-c2nc(N3CCCC(N)C3C)n[nH]2)c(C)nn1. The molecule has 21 heavy (non-hydrogen) atoms. The van der Waals surface area contributed by atoms with E-state index >= 15 is 0 Å². The average Bonchev–Trinajstić information content (AvgIpc) is 2.94. The lowest BCUT2D eigenvalue weighted by Gasteiger charge is -2.36. The number of rotatable bonds is 2. The maximum absolute atomic E-state index is 6.14. The average molecular weight is 287 g/mol. The molecule has 2 unspecified atom stereocenters. The van der Waals surface area contributed by atoms with E-state index in [0.29, 0.717) is 5.95 Å². The summed E-state index contributed by atoms with van der Waals surface area (Å²) in [4.78, 5) is 6.80. The fourth-order valence-corrected chi connectivity index (χ4v) is 2.75. The van der Waals surface area contributed by atoms with Crippen molar-refractivity contribution >= 4 is 5.95 Å². The molecule has 3 rings (SSSR count). The van der Waals surface area contributed by atoms with Crippen molar-refractivity contribution in [2.75, 3.05) is 11.4 Å². The van der Waals surface area contributed by atoms with Crippen molar-refractivity contribution in [3.63, 3.8) is 0 Å². The first-order valence-corrected chi connectivity index (χ1v) is 7.32. The number of anilines is 1. The van der Waals surface area contributed by atoms with E-state index in [-0.39, 0.29) is 12.1 Å². The van der Waals surface area contributed by atoms with E-state index in [0.717, 1.165) is 42.2 Å².